The van der Waals surface area contributed by atoms with Crippen molar-refractivity contribution in [2.24, 2.45) is 14.1 Å². The molecule has 0 saturated heterocycles. The lowest BCUT2D eigenvalue weighted by molar-refractivity contribution is 0.0983. The summed E-state index contributed by atoms with van der Waals surface area (Å²) in [5, 5.41) is 33.4. The molecule has 0 aliphatic heterocycles. The first-order valence-corrected chi connectivity index (χ1v) is 21.0. The molecule has 0 spiro atoms. The summed E-state index contributed by atoms with van der Waals surface area (Å²) in [7, 11) is 3.50. The van der Waals surface area contributed by atoms with Gasteiger partial charge in [-0.1, -0.05) is 36.4 Å². The molecule has 3 N–H and O–H groups in total. The number of H-pyrrole nitrogens is 1. The Hall–Kier alpha value is -9.20. The number of allylic oxidation sites excluding steroid dienone is 2. The van der Waals surface area contributed by atoms with E-state index in [1.165, 1.54) is 72.8 Å². The molecular formula is C50H44F3N9O8. The van der Waals surface area contributed by atoms with Gasteiger partial charge in [-0.2, -0.15) is 10.2 Å². The van der Waals surface area contributed by atoms with Crippen molar-refractivity contribution in [2.45, 2.75) is 33.1 Å². The number of furan rings is 3. The van der Waals surface area contributed by atoms with Crippen LogP contribution in [0.3, 0.4) is 0 Å². The number of rotatable bonds is 13. The van der Waals surface area contributed by atoms with Crippen LogP contribution in [0.1, 0.15) is 90.0 Å². The quantitative estimate of drug-likeness (QED) is 0.0555. The van der Waals surface area contributed by atoms with Gasteiger partial charge in [-0.3, -0.25) is 28.8 Å². The summed E-state index contributed by atoms with van der Waals surface area (Å²) in [5.41, 5.74) is 2.67. The van der Waals surface area contributed by atoms with Gasteiger partial charge in [-0.15, -0.1) is 5.10 Å². The molecule has 6 heterocycles. The fourth-order valence-corrected chi connectivity index (χ4v) is 6.04. The zero-order chi connectivity index (χ0) is 50.2. The van der Waals surface area contributed by atoms with Crippen LogP contribution in [0.15, 0.2) is 154 Å². The van der Waals surface area contributed by atoms with Crippen molar-refractivity contribution in [3.05, 3.63) is 227 Å². The molecule has 0 atom stereocenters. The molecule has 0 aliphatic rings. The van der Waals surface area contributed by atoms with Gasteiger partial charge in [0.1, 0.15) is 59.5 Å². The smallest absolute Gasteiger partial charge is 0.224 e. The number of aryl methyl sites for hydroxylation is 3. The summed E-state index contributed by atoms with van der Waals surface area (Å²) in [6.45, 7) is 3.32. The number of aliphatic hydroxyl groups excluding tert-OH is 2. The standard InChI is InChI=1S/C17H14FN3O3.C16H12FN3O3.C13H11FO2.C4H7N3/c1-21-10-19-17(20-21)15(23)9-14(22)16-7-6-13(24-16)8-11-2-4-12(18)5-3-11;17-11-3-1-10(2-4-11)7-12-5-6-15(23-12)13(21)8-14(22)16-18-9-19-20-16;1-9(15)13-7-6-12(16-13)8-10-2-4-11(14)5-3-10;1-4-5-3-7(2)6-4/h2-7,9-10,23H,8H2,1H3;1-6,8-9,22H,7H2,(H,18,19,20);2-7H,8H2,1H3;3H,1-2H3/b15-9-;14-8-;;. The van der Waals surface area contributed by atoms with E-state index in [2.05, 4.69) is 35.3 Å². The van der Waals surface area contributed by atoms with Crippen molar-refractivity contribution in [2.75, 3.05) is 0 Å². The van der Waals surface area contributed by atoms with E-state index in [0.29, 0.717) is 42.3 Å². The van der Waals surface area contributed by atoms with E-state index in [1.54, 1.807) is 78.7 Å². The average Bonchev–Trinajstić information content (AvgIpc) is 4.21. The van der Waals surface area contributed by atoms with Gasteiger partial charge in [-0.05, 0) is 96.4 Å². The van der Waals surface area contributed by atoms with Crippen molar-refractivity contribution < 1.29 is 51.0 Å². The molecule has 9 aromatic rings. The molecule has 20 heteroatoms. The number of nitrogens with one attached hydrogen (secondary N) is 1. The topological polar surface area (TPSA) is 234 Å². The van der Waals surface area contributed by atoms with Crippen LogP contribution < -0.4 is 0 Å². The number of benzene rings is 3. The fraction of sp³-hybridized carbons (Fsp3) is 0.140. The normalized spacial score (nSPS) is 11.1. The lowest BCUT2D eigenvalue weighted by atomic mass is 10.1. The number of nitrogens with zero attached hydrogens (tertiary/aromatic N) is 8. The monoisotopic (exact) mass is 955 g/mol. The SMILES string of the molecule is CC(=O)c1ccc(Cc2ccc(F)cc2)o1.Cc1ncn(C)n1.Cn1cnc(/C(O)=C/C(=O)c2ccc(Cc3ccc(F)cc3)o2)n1.O=C(/C=C(\O)c1ncn[nH]1)c1ccc(Cc2ccc(F)cc2)o1. The molecule has 358 valence electrons. The molecule has 6 aromatic heterocycles. The van der Waals surface area contributed by atoms with Crippen LogP contribution in [-0.2, 0) is 33.4 Å². The van der Waals surface area contributed by atoms with Gasteiger partial charge in [0.2, 0.25) is 17.4 Å². The highest BCUT2D eigenvalue weighted by Crippen LogP contribution is 2.19. The molecule has 17 nitrogen and oxygen atoms in total. The van der Waals surface area contributed by atoms with Crippen LogP contribution in [0.5, 0.6) is 0 Å². The fourth-order valence-electron chi connectivity index (χ4n) is 6.04. The third-order valence-electron chi connectivity index (χ3n) is 9.43. The average molecular weight is 956 g/mol. The highest BCUT2D eigenvalue weighted by Gasteiger charge is 2.15. The molecule has 0 amide bonds. The van der Waals surface area contributed by atoms with Gasteiger partial charge in [0.05, 0.1) is 0 Å². The number of hydrogen-bond acceptors (Lipinski definition) is 14. The predicted octanol–water partition coefficient (Wildman–Crippen LogP) is 9.16. The van der Waals surface area contributed by atoms with E-state index in [9.17, 15) is 37.8 Å². The Bertz CT molecular complexity index is 3170. The first kappa shape index (κ1) is 50.2. The maximum Gasteiger partial charge on any atom is 0.224 e. The minimum atomic E-state index is -0.496. The first-order valence-electron chi connectivity index (χ1n) is 21.0. The molecular weight excluding hydrogens is 912 g/mol. The summed E-state index contributed by atoms with van der Waals surface area (Å²) >= 11 is 0. The molecule has 0 unspecified atom stereocenters. The van der Waals surface area contributed by atoms with Crippen molar-refractivity contribution in [1.82, 2.24) is 44.7 Å². The first-order chi connectivity index (χ1) is 33.6. The minimum absolute atomic E-state index is 0.0592. The van der Waals surface area contributed by atoms with E-state index >= 15 is 0 Å². The van der Waals surface area contributed by atoms with Gasteiger partial charge >= 0.3 is 0 Å². The van der Waals surface area contributed by atoms with E-state index in [1.807, 2.05) is 14.0 Å². The summed E-state index contributed by atoms with van der Waals surface area (Å²) < 4.78 is 57.8. The number of carbonyl (C=O) groups excluding carboxylic acids is 3. The second-order valence-corrected chi connectivity index (χ2v) is 15.1. The Morgan fingerprint density at radius 3 is 1.33 bits per heavy atom. The number of carbonyl (C=O) groups is 3. The maximum atomic E-state index is 12.9. The van der Waals surface area contributed by atoms with Crippen molar-refractivity contribution in [3.63, 3.8) is 0 Å². The largest absolute Gasteiger partial charge is 0.504 e. The highest BCUT2D eigenvalue weighted by molar-refractivity contribution is 6.06. The Balaban J connectivity index is 0.000000163. The van der Waals surface area contributed by atoms with E-state index < -0.39 is 11.6 Å². The van der Waals surface area contributed by atoms with E-state index in [0.717, 1.165) is 34.7 Å². The Morgan fingerprint density at radius 2 is 0.986 bits per heavy atom. The third-order valence-corrected chi connectivity index (χ3v) is 9.43. The summed E-state index contributed by atoms with van der Waals surface area (Å²) in [4.78, 5) is 46.6. The van der Waals surface area contributed by atoms with Crippen LogP contribution in [0, 0.1) is 24.4 Å². The van der Waals surface area contributed by atoms with Gasteiger partial charge < -0.3 is 23.5 Å². The maximum absolute atomic E-state index is 12.9. The van der Waals surface area contributed by atoms with Crippen LogP contribution in [0.2, 0.25) is 0 Å². The molecule has 70 heavy (non-hydrogen) atoms. The number of Topliss-reactive ketones (excluding diaryl/α,β-unsaturated/α-hetero) is 1. The van der Waals surface area contributed by atoms with Gasteiger partial charge in [0, 0.05) is 52.4 Å². The second kappa shape index (κ2) is 24.0. The summed E-state index contributed by atoms with van der Waals surface area (Å²) in [6.07, 6.45) is 7.76. The lowest BCUT2D eigenvalue weighted by Crippen LogP contribution is -1.97. The molecule has 0 bridgehead atoms. The number of halogens is 3. The van der Waals surface area contributed by atoms with Crippen LogP contribution in [0.4, 0.5) is 13.2 Å². The molecule has 0 aliphatic carbocycles. The summed E-state index contributed by atoms with van der Waals surface area (Å²) in [5.74, 6) is 0.726. The van der Waals surface area contributed by atoms with Crippen molar-refractivity contribution in [1.29, 1.82) is 0 Å². The summed E-state index contributed by atoms with van der Waals surface area (Å²) in [6, 6.07) is 28.1. The molecule has 0 saturated carbocycles. The molecule has 0 fully saturated rings. The number of aromatic nitrogens is 9. The number of aliphatic hydroxyl groups is 2. The Labute approximate surface area is 397 Å². The minimum Gasteiger partial charge on any atom is -0.504 e. The number of aromatic amines is 1. The van der Waals surface area contributed by atoms with Crippen LogP contribution in [-0.4, -0.2) is 72.3 Å². The molecule has 0 radical (unpaired) electrons. The lowest BCUT2D eigenvalue weighted by Gasteiger charge is -1.98. The van der Waals surface area contributed by atoms with Crippen LogP contribution in [0.25, 0.3) is 11.5 Å². The van der Waals surface area contributed by atoms with Crippen molar-refractivity contribution in [3.8, 4) is 0 Å². The Morgan fingerprint density at radius 1 is 0.571 bits per heavy atom. The third kappa shape index (κ3) is 15.4. The van der Waals surface area contributed by atoms with E-state index in [4.69, 9.17) is 13.3 Å². The Kier molecular flexibility index (Phi) is 17.2. The van der Waals surface area contributed by atoms with Gasteiger partial charge in [0.25, 0.3) is 0 Å². The number of hydrogen-bond donors (Lipinski definition) is 3. The second-order valence-electron chi connectivity index (χ2n) is 15.1. The molecule has 3 aromatic carbocycles. The zero-order valence-electron chi connectivity index (χ0n) is 38.0. The van der Waals surface area contributed by atoms with E-state index in [-0.39, 0.29) is 57.9 Å². The number of ketones is 3. The van der Waals surface area contributed by atoms with Crippen molar-refractivity contribution >= 4 is 28.9 Å². The zero-order valence-corrected chi connectivity index (χ0v) is 38.0. The van der Waals surface area contributed by atoms with Gasteiger partial charge in [-0.25, -0.2) is 28.1 Å². The van der Waals surface area contributed by atoms with Crippen LogP contribution >= 0.6 is 0 Å². The predicted molar refractivity (Wildman–Crippen MR) is 247 cm³/mol. The van der Waals surface area contributed by atoms with Gasteiger partial charge in [0.15, 0.2) is 40.4 Å². The highest BCUT2D eigenvalue weighted by atomic mass is 19.1. The molecule has 9 rings (SSSR count).